The number of hydrogen-bond donors (Lipinski definition) is 1. The van der Waals surface area contributed by atoms with Gasteiger partial charge in [0.2, 0.25) is 0 Å². The van der Waals surface area contributed by atoms with Crippen molar-refractivity contribution in [2.24, 2.45) is 5.96 Å². The standard InChI is InChI=1S/FH2N.Fe.K.H/c1-2;;;/h2H2;;;/q;;+1;-1. The zero-order valence-electron chi connectivity index (χ0n) is 3.31. The number of nitrogens with two attached hydrogens (primary N) is 1. The summed E-state index contributed by atoms with van der Waals surface area (Å²) in [6.07, 6.45) is 0. The average molecular weight is 131 g/mol. The molecule has 0 heterocycles. The van der Waals surface area contributed by atoms with Crippen molar-refractivity contribution >= 4 is 0 Å². The Morgan fingerprint density at radius 3 is 1.50 bits per heavy atom. The molecule has 0 bridgehead atoms. The maximum Gasteiger partial charge on any atom is 1.00 e. The van der Waals surface area contributed by atoms with Gasteiger partial charge in [-0.05, 0) is 0 Å². The van der Waals surface area contributed by atoms with Gasteiger partial charge in [-0.2, -0.15) is 5.96 Å². The third-order valence-electron chi connectivity index (χ3n) is 0. The van der Waals surface area contributed by atoms with Gasteiger partial charge in [0, 0.05) is 17.1 Å². The van der Waals surface area contributed by atoms with E-state index in [1.54, 1.807) is 0 Å². The first kappa shape index (κ1) is 16.6. The van der Waals surface area contributed by atoms with Crippen molar-refractivity contribution in [2.45, 2.75) is 0 Å². The van der Waals surface area contributed by atoms with Crippen LogP contribution in [0.4, 0.5) is 4.48 Å². The maximum absolute atomic E-state index is 9.00. The van der Waals surface area contributed by atoms with Crippen LogP contribution in [0.5, 0.6) is 0 Å². The predicted molar refractivity (Wildman–Crippen MR) is 6.41 cm³/mol. The molecular weight excluding hydrogens is 128 g/mol. The summed E-state index contributed by atoms with van der Waals surface area (Å²) < 4.78 is 9.00. The van der Waals surface area contributed by atoms with Gasteiger partial charge in [0.25, 0.3) is 0 Å². The molecule has 0 saturated heterocycles. The molecule has 0 fully saturated rings. The van der Waals surface area contributed by atoms with E-state index in [0.29, 0.717) is 0 Å². The minimum atomic E-state index is 0. The van der Waals surface area contributed by atoms with Gasteiger partial charge in [-0.25, -0.2) is 0 Å². The average Bonchev–Trinajstić information content (AvgIpc) is 1.00. The summed E-state index contributed by atoms with van der Waals surface area (Å²) >= 11 is 0. The van der Waals surface area contributed by atoms with Crippen molar-refractivity contribution < 1.29 is 74.4 Å². The van der Waals surface area contributed by atoms with Crippen LogP contribution in [0, 0.1) is 0 Å². The zero-order chi connectivity index (χ0) is 2.00. The summed E-state index contributed by atoms with van der Waals surface area (Å²) in [5.41, 5.74) is 0. The molecule has 0 radical (unpaired) electrons. The van der Waals surface area contributed by atoms with Crippen LogP contribution in [0.3, 0.4) is 0 Å². The van der Waals surface area contributed by atoms with Crippen LogP contribution in [0.25, 0.3) is 0 Å². The Hall–Kier alpha value is 2.05. The van der Waals surface area contributed by atoms with E-state index in [-0.39, 0.29) is 69.9 Å². The quantitative estimate of drug-likeness (QED) is 0.274. The first-order valence-corrected chi connectivity index (χ1v) is 0.218. The Morgan fingerprint density at radius 2 is 1.50 bits per heavy atom. The van der Waals surface area contributed by atoms with Gasteiger partial charge < -0.3 is 1.43 Å². The van der Waals surface area contributed by atoms with E-state index >= 15 is 0 Å². The largest absolute Gasteiger partial charge is 1.00 e. The Kier molecular flexibility index (Phi) is 81.9. The Bertz CT molecular complexity index is 11.6. The summed E-state index contributed by atoms with van der Waals surface area (Å²) in [5, 5.41) is 0. The minimum Gasteiger partial charge on any atom is -1.00 e. The molecular formula is H3FFeKN. The molecule has 0 amide bonds. The van der Waals surface area contributed by atoms with Crippen LogP contribution in [-0.2, 0) is 17.1 Å². The third-order valence-corrected chi connectivity index (χ3v) is 0. The van der Waals surface area contributed by atoms with Crippen LogP contribution < -0.4 is 57.3 Å². The fourth-order valence-electron chi connectivity index (χ4n) is 0. The second kappa shape index (κ2) is 19.7. The van der Waals surface area contributed by atoms with E-state index in [1.165, 1.54) is 0 Å². The van der Waals surface area contributed by atoms with Gasteiger partial charge in [-0.15, -0.1) is 4.48 Å². The summed E-state index contributed by atoms with van der Waals surface area (Å²) in [5.74, 6) is 3.00. The van der Waals surface area contributed by atoms with Crippen molar-refractivity contribution in [3.8, 4) is 0 Å². The van der Waals surface area contributed by atoms with Gasteiger partial charge in [0.05, 0.1) is 0 Å². The van der Waals surface area contributed by atoms with Gasteiger partial charge in [0.1, 0.15) is 0 Å². The second-order valence-electron chi connectivity index (χ2n) is 0. The normalized spacial score (nSPS) is 1.50. The van der Waals surface area contributed by atoms with Crippen LogP contribution in [0.15, 0.2) is 0 Å². The van der Waals surface area contributed by atoms with E-state index in [2.05, 4.69) is 5.96 Å². The molecule has 0 spiro atoms. The minimum absolute atomic E-state index is 0. The molecule has 0 rings (SSSR count). The number of rotatable bonds is 0. The molecule has 1 nitrogen and oxygen atoms in total. The smallest absolute Gasteiger partial charge is 1.00 e. The molecule has 4 heavy (non-hydrogen) atoms. The van der Waals surface area contributed by atoms with Gasteiger partial charge in [-0.3, -0.25) is 0 Å². The van der Waals surface area contributed by atoms with Crippen molar-refractivity contribution in [2.75, 3.05) is 0 Å². The van der Waals surface area contributed by atoms with E-state index in [9.17, 15) is 0 Å². The fourth-order valence-corrected chi connectivity index (χ4v) is 0. The van der Waals surface area contributed by atoms with Crippen molar-refractivity contribution in [3.63, 3.8) is 0 Å². The predicted octanol–water partition coefficient (Wildman–Crippen LogP) is -3.06. The van der Waals surface area contributed by atoms with Crippen molar-refractivity contribution in [3.05, 3.63) is 0 Å². The second-order valence-corrected chi connectivity index (χ2v) is 0. The SMILES string of the molecule is NF.[Fe].[H-].[K+]. The summed E-state index contributed by atoms with van der Waals surface area (Å²) in [7, 11) is 0. The van der Waals surface area contributed by atoms with Crippen LogP contribution in [0.2, 0.25) is 0 Å². The van der Waals surface area contributed by atoms with Gasteiger partial charge in [0.15, 0.2) is 0 Å². The Labute approximate surface area is 78.8 Å². The van der Waals surface area contributed by atoms with E-state index in [4.69, 9.17) is 4.48 Å². The molecule has 0 aliphatic carbocycles. The van der Waals surface area contributed by atoms with E-state index in [1.807, 2.05) is 0 Å². The number of halogens is 1. The Balaban J connectivity index is -0.00000000167. The third kappa shape index (κ3) is 8.97. The maximum atomic E-state index is 9.00. The molecule has 24 valence electrons. The van der Waals surface area contributed by atoms with E-state index in [0.717, 1.165) is 0 Å². The van der Waals surface area contributed by atoms with Gasteiger partial charge in [-0.1, -0.05) is 0 Å². The van der Waals surface area contributed by atoms with Crippen LogP contribution in [-0.4, -0.2) is 0 Å². The van der Waals surface area contributed by atoms with E-state index < -0.39 is 0 Å². The summed E-state index contributed by atoms with van der Waals surface area (Å²) in [6.45, 7) is 0. The van der Waals surface area contributed by atoms with Crippen LogP contribution >= 0.6 is 0 Å². The van der Waals surface area contributed by atoms with Crippen LogP contribution in [0.1, 0.15) is 1.43 Å². The summed E-state index contributed by atoms with van der Waals surface area (Å²) in [6, 6.07) is 0. The Morgan fingerprint density at radius 1 is 1.50 bits per heavy atom. The van der Waals surface area contributed by atoms with Crippen molar-refractivity contribution in [1.82, 2.24) is 0 Å². The number of hydrogen-bond acceptors (Lipinski definition) is 1. The monoisotopic (exact) mass is 131 g/mol. The molecule has 0 aromatic carbocycles. The summed E-state index contributed by atoms with van der Waals surface area (Å²) in [4.78, 5) is 0. The first-order chi connectivity index (χ1) is 1.00. The molecule has 2 N–H and O–H groups in total. The zero-order valence-corrected chi connectivity index (χ0v) is 6.54. The molecule has 0 saturated carbocycles. The molecule has 0 atom stereocenters. The molecule has 0 aliphatic rings. The molecule has 0 aromatic rings. The topological polar surface area (TPSA) is 26.0 Å². The fraction of sp³-hybridized carbons (Fsp3) is 0. The molecule has 0 aromatic heterocycles. The molecule has 4 heteroatoms. The molecule has 0 unspecified atom stereocenters. The first-order valence-electron chi connectivity index (χ1n) is 0.218. The van der Waals surface area contributed by atoms with Gasteiger partial charge >= 0.3 is 51.4 Å². The molecule has 0 aliphatic heterocycles. The van der Waals surface area contributed by atoms with Crippen molar-refractivity contribution in [1.29, 1.82) is 0 Å².